The maximum atomic E-state index is 13.8. The van der Waals surface area contributed by atoms with Gasteiger partial charge in [-0.2, -0.15) is 0 Å². The third-order valence-corrected chi connectivity index (χ3v) is 7.14. The molecule has 0 radical (unpaired) electrons. The standard InChI is InChI=1S/C27H35FN2O2/c1-20-7-8-22(19-21(20)2)9-10-27(31)30-15-11-23(12-16-30)29-17-13-24(14-18-29)32-26-6-4-3-5-25(26)28/h3-8,19,23-24H,9-18H2,1-2H3. The second-order valence-electron chi connectivity index (χ2n) is 9.31. The number of aryl methyl sites for hydroxylation is 3. The molecule has 2 aliphatic heterocycles. The first-order valence-electron chi connectivity index (χ1n) is 12.0. The van der Waals surface area contributed by atoms with Crippen molar-refractivity contribution in [2.75, 3.05) is 26.2 Å². The molecule has 2 aromatic rings. The van der Waals surface area contributed by atoms with Crippen molar-refractivity contribution in [2.45, 2.75) is 64.5 Å². The van der Waals surface area contributed by atoms with Crippen LogP contribution in [0.2, 0.25) is 0 Å². The summed E-state index contributed by atoms with van der Waals surface area (Å²) in [6, 6.07) is 13.7. The first-order valence-corrected chi connectivity index (χ1v) is 12.0. The van der Waals surface area contributed by atoms with Crippen LogP contribution in [0.5, 0.6) is 5.75 Å². The Bertz CT molecular complexity index is 916. The number of amides is 1. The molecule has 32 heavy (non-hydrogen) atoms. The number of benzene rings is 2. The van der Waals surface area contributed by atoms with Crippen LogP contribution in [0.15, 0.2) is 42.5 Å². The van der Waals surface area contributed by atoms with E-state index in [1.807, 2.05) is 11.0 Å². The molecule has 2 heterocycles. The highest BCUT2D eigenvalue weighted by atomic mass is 19.1. The highest BCUT2D eigenvalue weighted by Gasteiger charge is 2.30. The summed E-state index contributed by atoms with van der Waals surface area (Å²) in [5, 5.41) is 0. The van der Waals surface area contributed by atoms with E-state index in [2.05, 4.69) is 36.9 Å². The third kappa shape index (κ3) is 5.69. The summed E-state index contributed by atoms with van der Waals surface area (Å²) in [5.41, 5.74) is 3.83. The number of para-hydroxylation sites is 1. The summed E-state index contributed by atoms with van der Waals surface area (Å²) >= 11 is 0. The van der Waals surface area contributed by atoms with E-state index in [1.165, 1.54) is 22.8 Å². The van der Waals surface area contributed by atoms with Crippen LogP contribution in [0.25, 0.3) is 0 Å². The van der Waals surface area contributed by atoms with Crippen molar-refractivity contribution in [2.24, 2.45) is 0 Å². The highest BCUT2D eigenvalue weighted by Crippen LogP contribution is 2.25. The number of hydrogen-bond acceptors (Lipinski definition) is 3. The summed E-state index contributed by atoms with van der Waals surface area (Å²) in [6.45, 7) is 7.90. The normalized spacial score (nSPS) is 18.7. The van der Waals surface area contributed by atoms with Crippen molar-refractivity contribution in [3.05, 3.63) is 65.0 Å². The lowest BCUT2D eigenvalue weighted by Crippen LogP contribution is -2.50. The molecule has 172 valence electrons. The summed E-state index contributed by atoms with van der Waals surface area (Å²) < 4.78 is 19.7. The zero-order valence-corrected chi connectivity index (χ0v) is 19.4. The van der Waals surface area contributed by atoms with Crippen LogP contribution in [-0.2, 0) is 11.2 Å². The van der Waals surface area contributed by atoms with Crippen LogP contribution >= 0.6 is 0 Å². The molecule has 2 saturated heterocycles. The number of halogens is 1. The Balaban J connectivity index is 1.18. The van der Waals surface area contributed by atoms with Crippen molar-refractivity contribution in [3.8, 4) is 5.75 Å². The smallest absolute Gasteiger partial charge is 0.222 e. The molecule has 1 amide bonds. The van der Waals surface area contributed by atoms with E-state index in [0.717, 1.165) is 58.3 Å². The van der Waals surface area contributed by atoms with Gasteiger partial charge >= 0.3 is 0 Å². The van der Waals surface area contributed by atoms with E-state index >= 15 is 0 Å². The molecule has 0 bridgehead atoms. The lowest BCUT2D eigenvalue weighted by molar-refractivity contribution is -0.132. The molecular formula is C27H35FN2O2. The molecule has 0 aliphatic carbocycles. The Labute approximate surface area is 191 Å². The minimum atomic E-state index is -0.288. The van der Waals surface area contributed by atoms with Crippen LogP contribution in [0.3, 0.4) is 0 Å². The van der Waals surface area contributed by atoms with Crippen molar-refractivity contribution >= 4 is 5.91 Å². The molecule has 2 aromatic carbocycles. The zero-order chi connectivity index (χ0) is 22.5. The molecule has 2 fully saturated rings. The van der Waals surface area contributed by atoms with E-state index in [9.17, 15) is 9.18 Å². The number of likely N-dealkylation sites (tertiary alicyclic amines) is 2. The number of ether oxygens (including phenoxy) is 1. The fraction of sp³-hybridized carbons (Fsp3) is 0.519. The highest BCUT2D eigenvalue weighted by molar-refractivity contribution is 5.76. The number of nitrogens with zero attached hydrogens (tertiary/aromatic N) is 2. The summed E-state index contributed by atoms with van der Waals surface area (Å²) in [4.78, 5) is 17.3. The molecule has 0 aromatic heterocycles. The van der Waals surface area contributed by atoms with E-state index in [1.54, 1.807) is 12.1 Å². The molecule has 0 atom stereocenters. The zero-order valence-electron chi connectivity index (χ0n) is 19.4. The quantitative estimate of drug-likeness (QED) is 0.643. The largest absolute Gasteiger partial charge is 0.487 e. The van der Waals surface area contributed by atoms with E-state index in [4.69, 9.17) is 4.74 Å². The molecule has 2 aliphatic rings. The lowest BCUT2D eigenvalue weighted by Gasteiger charge is -2.41. The van der Waals surface area contributed by atoms with Crippen molar-refractivity contribution in [1.29, 1.82) is 0 Å². The second-order valence-corrected chi connectivity index (χ2v) is 9.31. The Morgan fingerprint density at radius 1 is 0.969 bits per heavy atom. The van der Waals surface area contributed by atoms with Gasteiger partial charge in [-0.15, -0.1) is 0 Å². The van der Waals surface area contributed by atoms with Gasteiger partial charge in [0.2, 0.25) is 5.91 Å². The van der Waals surface area contributed by atoms with Gasteiger partial charge in [0.1, 0.15) is 6.10 Å². The molecule has 5 heteroatoms. The maximum Gasteiger partial charge on any atom is 0.222 e. The first kappa shape index (κ1) is 22.8. The van der Waals surface area contributed by atoms with E-state index in [-0.39, 0.29) is 17.8 Å². The van der Waals surface area contributed by atoms with Gasteiger partial charge in [0.25, 0.3) is 0 Å². The molecule has 0 saturated carbocycles. The summed E-state index contributed by atoms with van der Waals surface area (Å²) in [5.74, 6) is 0.349. The Morgan fingerprint density at radius 2 is 1.69 bits per heavy atom. The monoisotopic (exact) mass is 438 g/mol. The van der Waals surface area contributed by atoms with Crippen molar-refractivity contribution in [1.82, 2.24) is 9.80 Å². The van der Waals surface area contributed by atoms with Crippen molar-refractivity contribution < 1.29 is 13.9 Å². The first-order chi connectivity index (χ1) is 15.5. The number of hydrogen-bond donors (Lipinski definition) is 0. The second kappa shape index (κ2) is 10.5. The Morgan fingerprint density at radius 3 is 2.38 bits per heavy atom. The third-order valence-electron chi connectivity index (χ3n) is 7.14. The number of rotatable bonds is 6. The van der Waals surface area contributed by atoms with Gasteiger partial charge in [0, 0.05) is 38.6 Å². The average molecular weight is 439 g/mol. The van der Waals surface area contributed by atoms with Gasteiger partial charge in [-0.1, -0.05) is 30.3 Å². The molecule has 0 unspecified atom stereocenters. The van der Waals surface area contributed by atoms with Crippen LogP contribution in [0.1, 0.15) is 48.8 Å². The molecule has 0 spiro atoms. The summed E-state index contributed by atoms with van der Waals surface area (Å²) in [7, 11) is 0. The topological polar surface area (TPSA) is 32.8 Å². The lowest BCUT2D eigenvalue weighted by atomic mass is 9.98. The fourth-order valence-corrected chi connectivity index (χ4v) is 4.93. The van der Waals surface area contributed by atoms with Gasteiger partial charge < -0.3 is 9.64 Å². The van der Waals surface area contributed by atoms with Gasteiger partial charge in [0.15, 0.2) is 11.6 Å². The predicted octanol–water partition coefficient (Wildman–Crippen LogP) is 4.91. The predicted molar refractivity (Wildman–Crippen MR) is 125 cm³/mol. The van der Waals surface area contributed by atoms with Gasteiger partial charge in [-0.25, -0.2) is 4.39 Å². The van der Waals surface area contributed by atoms with Crippen LogP contribution in [-0.4, -0.2) is 54.0 Å². The Hall–Kier alpha value is -2.40. The summed E-state index contributed by atoms with van der Waals surface area (Å²) in [6.07, 6.45) is 5.40. The maximum absolute atomic E-state index is 13.8. The van der Waals surface area contributed by atoms with Crippen LogP contribution in [0.4, 0.5) is 4.39 Å². The number of carbonyl (C=O) groups is 1. The minimum absolute atomic E-state index is 0.0789. The van der Waals surface area contributed by atoms with Gasteiger partial charge in [-0.3, -0.25) is 9.69 Å². The van der Waals surface area contributed by atoms with Gasteiger partial charge in [0.05, 0.1) is 0 Å². The Kier molecular flexibility index (Phi) is 7.46. The van der Waals surface area contributed by atoms with Gasteiger partial charge in [-0.05, 0) is 74.8 Å². The van der Waals surface area contributed by atoms with Crippen molar-refractivity contribution in [3.63, 3.8) is 0 Å². The molecular weight excluding hydrogens is 403 g/mol. The molecule has 4 rings (SSSR count). The minimum Gasteiger partial charge on any atom is -0.487 e. The number of piperidine rings is 2. The van der Waals surface area contributed by atoms with E-state index in [0.29, 0.717) is 18.2 Å². The van der Waals surface area contributed by atoms with Crippen LogP contribution < -0.4 is 4.74 Å². The average Bonchev–Trinajstić information content (AvgIpc) is 2.82. The SMILES string of the molecule is Cc1ccc(CCC(=O)N2CCC(N3CCC(Oc4ccccc4F)CC3)CC2)cc1C. The van der Waals surface area contributed by atoms with E-state index < -0.39 is 0 Å². The van der Waals surface area contributed by atoms with Crippen LogP contribution in [0, 0.1) is 19.7 Å². The number of carbonyl (C=O) groups excluding carboxylic acids is 1. The molecule has 4 nitrogen and oxygen atoms in total. The molecule has 0 N–H and O–H groups in total. The fourth-order valence-electron chi connectivity index (χ4n) is 4.93.